The van der Waals surface area contributed by atoms with E-state index in [0.29, 0.717) is 19.6 Å². The molecule has 5 heteroatoms. The lowest BCUT2D eigenvalue weighted by atomic mass is 10.2. The van der Waals surface area contributed by atoms with Crippen molar-refractivity contribution in [2.24, 2.45) is 5.92 Å². The molecule has 0 aromatic carbocycles. The highest BCUT2D eigenvalue weighted by molar-refractivity contribution is 5.76. The highest BCUT2D eigenvalue weighted by Crippen LogP contribution is 2.28. The van der Waals surface area contributed by atoms with Gasteiger partial charge in [-0.25, -0.2) is 0 Å². The van der Waals surface area contributed by atoms with Crippen LogP contribution < -0.4 is 5.32 Å². The Bertz CT molecular complexity index is 251. The van der Waals surface area contributed by atoms with Gasteiger partial charge in [0.15, 0.2) is 0 Å². The molecule has 0 heterocycles. The van der Waals surface area contributed by atoms with Gasteiger partial charge in [-0.3, -0.25) is 9.59 Å². The minimum atomic E-state index is -0.855. The third kappa shape index (κ3) is 8.68. The first kappa shape index (κ1) is 14.0. The smallest absolute Gasteiger partial charge is 0.303 e. The summed E-state index contributed by atoms with van der Waals surface area (Å²) >= 11 is 0. The number of ether oxygens (including phenoxy) is 1. The molecule has 1 aliphatic rings. The number of amides is 1. The maximum Gasteiger partial charge on any atom is 0.303 e. The summed E-state index contributed by atoms with van der Waals surface area (Å²) in [5.41, 5.74) is 0. The second kappa shape index (κ2) is 8.06. The molecule has 98 valence electrons. The highest BCUT2D eigenvalue weighted by atomic mass is 16.5. The van der Waals surface area contributed by atoms with Crippen molar-refractivity contribution in [3.63, 3.8) is 0 Å². The Morgan fingerprint density at radius 3 is 2.65 bits per heavy atom. The maximum atomic E-state index is 11.2. The van der Waals surface area contributed by atoms with Crippen molar-refractivity contribution in [2.75, 3.05) is 19.8 Å². The second-order valence-electron chi connectivity index (χ2n) is 4.47. The Morgan fingerprint density at radius 1 is 1.24 bits per heavy atom. The lowest BCUT2D eigenvalue weighted by Crippen LogP contribution is -2.25. The molecule has 0 saturated heterocycles. The zero-order valence-corrected chi connectivity index (χ0v) is 10.1. The summed E-state index contributed by atoms with van der Waals surface area (Å²) < 4.78 is 5.42. The molecule has 0 radical (unpaired) electrons. The first-order chi connectivity index (χ1) is 8.18. The quantitative estimate of drug-likeness (QED) is 0.565. The summed E-state index contributed by atoms with van der Waals surface area (Å²) in [4.78, 5) is 21.5. The lowest BCUT2D eigenvalue weighted by Gasteiger charge is -2.05. The Hall–Kier alpha value is -1.10. The average Bonchev–Trinajstić information content (AvgIpc) is 3.06. The first-order valence-corrected chi connectivity index (χ1v) is 6.24. The van der Waals surface area contributed by atoms with Crippen LogP contribution in [0.25, 0.3) is 0 Å². The highest BCUT2D eigenvalue weighted by Gasteiger charge is 2.20. The van der Waals surface area contributed by atoms with Crippen LogP contribution in [0.1, 0.15) is 38.5 Å². The van der Waals surface area contributed by atoms with Gasteiger partial charge in [0.1, 0.15) is 0 Å². The van der Waals surface area contributed by atoms with Crippen LogP contribution in [0.3, 0.4) is 0 Å². The van der Waals surface area contributed by atoms with Crippen LogP contribution >= 0.6 is 0 Å². The van der Waals surface area contributed by atoms with Crippen LogP contribution in [0.15, 0.2) is 0 Å². The van der Waals surface area contributed by atoms with E-state index in [4.69, 9.17) is 9.84 Å². The fourth-order valence-electron chi connectivity index (χ4n) is 1.43. The van der Waals surface area contributed by atoms with E-state index in [0.717, 1.165) is 18.9 Å². The van der Waals surface area contributed by atoms with Crippen LogP contribution in [0.5, 0.6) is 0 Å². The van der Waals surface area contributed by atoms with E-state index in [-0.39, 0.29) is 18.7 Å². The minimum absolute atomic E-state index is 0.0535. The molecule has 17 heavy (non-hydrogen) atoms. The van der Waals surface area contributed by atoms with E-state index in [2.05, 4.69) is 5.32 Å². The zero-order valence-electron chi connectivity index (χ0n) is 10.1. The van der Waals surface area contributed by atoms with Crippen LogP contribution in [0.2, 0.25) is 0 Å². The molecule has 1 amide bonds. The van der Waals surface area contributed by atoms with E-state index >= 15 is 0 Å². The summed E-state index contributed by atoms with van der Waals surface area (Å²) in [6.45, 7) is 2.15. The maximum absolute atomic E-state index is 11.2. The summed E-state index contributed by atoms with van der Waals surface area (Å²) in [5, 5.41) is 11.1. The van der Waals surface area contributed by atoms with E-state index in [1.165, 1.54) is 12.8 Å². The Balaban J connectivity index is 1.80. The van der Waals surface area contributed by atoms with Crippen LogP contribution in [-0.4, -0.2) is 36.7 Å². The topological polar surface area (TPSA) is 75.6 Å². The number of rotatable bonds is 10. The molecular weight excluding hydrogens is 222 g/mol. The van der Waals surface area contributed by atoms with Gasteiger partial charge in [0.2, 0.25) is 5.91 Å². The zero-order chi connectivity index (χ0) is 12.5. The van der Waals surface area contributed by atoms with Gasteiger partial charge < -0.3 is 15.2 Å². The summed E-state index contributed by atoms with van der Waals surface area (Å²) in [7, 11) is 0. The largest absolute Gasteiger partial charge is 0.481 e. The van der Waals surface area contributed by atoms with Gasteiger partial charge in [0.05, 0.1) is 0 Å². The molecule has 2 N–H and O–H groups in total. The first-order valence-electron chi connectivity index (χ1n) is 6.24. The molecule has 0 aromatic heterocycles. The van der Waals surface area contributed by atoms with E-state index in [9.17, 15) is 9.59 Å². The molecule has 1 aliphatic carbocycles. The molecule has 0 spiro atoms. The van der Waals surface area contributed by atoms with E-state index in [1.54, 1.807) is 0 Å². The van der Waals surface area contributed by atoms with Gasteiger partial charge in [0.25, 0.3) is 0 Å². The number of hydrogen-bond donors (Lipinski definition) is 2. The summed E-state index contributed by atoms with van der Waals surface area (Å²) in [6, 6.07) is 0. The van der Waals surface area contributed by atoms with Crippen LogP contribution in [0.4, 0.5) is 0 Å². The Morgan fingerprint density at radius 2 is 2.00 bits per heavy atom. The average molecular weight is 243 g/mol. The molecule has 0 atom stereocenters. The predicted molar refractivity (Wildman–Crippen MR) is 62.7 cm³/mol. The number of hydrogen-bond acceptors (Lipinski definition) is 3. The third-order valence-corrected chi connectivity index (χ3v) is 2.63. The van der Waals surface area contributed by atoms with Gasteiger partial charge in [-0.15, -0.1) is 0 Å². The standard InChI is InChI=1S/C12H21NO4/c14-11(3-1-4-12(15)16)13-7-2-8-17-9-10-5-6-10/h10H,1-9H2,(H,13,14)(H,15,16). The van der Waals surface area contributed by atoms with E-state index < -0.39 is 5.97 Å². The molecule has 0 aliphatic heterocycles. The van der Waals surface area contributed by atoms with Crippen molar-refractivity contribution in [3.8, 4) is 0 Å². The number of carboxylic acid groups (broad SMARTS) is 1. The van der Waals surface area contributed by atoms with Crippen molar-refractivity contribution in [2.45, 2.75) is 38.5 Å². The van der Waals surface area contributed by atoms with Gasteiger partial charge in [-0.1, -0.05) is 0 Å². The third-order valence-electron chi connectivity index (χ3n) is 2.63. The number of carbonyl (C=O) groups is 2. The number of aliphatic carboxylic acids is 1. The van der Waals surface area contributed by atoms with E-state index in [1.807, 2.05) is 0 Å². The molecule has 5 nitrogen and oxygen atoms in total. The molecule has 1 rings (SSSR count). The number of carboxylic acids is 1. The van der Waals surface area contributed by atoms with Gasteiger partial charge in [-0.05, 0) is 31.6 Å². The Kier molecular flexibility index (Phi) is 6.62. The predicted octanol–water partition coefficient (Wildman–Crippen LogP) is 1.17. The van der Waals surface area contributed by atoms with Crippen molar-refractivity contribution in [3.05, 3.63) is 0 Å². The van der Waals surface area contributed by atoms with Gasteiger partial charge in [0, 0.05) is 32.6 Å². The molecule has 0 bridgehead atoms. The number of nitrogens with one attached hydrogen (secondary N) is 1. The van der Waals surface area contributed by atoms with Crippen LogP contribution in [-0.2, 0) is 14.3 Å². The van der Waals surface area contributed by atoms with Gasteiger partial charge >= 0.3 is 5.97 Å². The van der Waals surface area contributed by atoms with Crippen molar-refractivity contribution in [1.82, 2.24) is 5.32 Å². The van der Waals surface area contributed by atoms with Crippen LogP contribution in [0, 0.1) is 5.92 Å². The number of carbonyl (C=O) groups excluding carboxylic acids is 1. The molecular formula is C12H21NO4. The normalized spacial score (nSPS) is 14.6. The molecule has 1 fully saturated rings. The Labute approximate surface area is 102 Å². The molecule has 0 aromatic rings. The minimum Gasteiger partial charge on any atom is -0.481 e. The summed E-state index contributed by atoms with van der Waals surface area (Å²) in [6.07, 6.45) is 4.14. The molecule has 0 unspecified atom stereocenters. The fourth-order valence-corrected chi connectivity index (χ4v) is 1.43. The summed E-state index contributed by atoms with van der Waals surface area (Å²) in [5.74, 6) is -0.152. The van der Waals surface area contributed by atoms with Crippen molar-refractivity contribution >= 4 is 11.9 Å². The van der Waals surface area contributed by atoms with Gasteiger partial charge in [-0.2, -0.15) is 0 Å². The monoisotopic (exact) mass is 243 g/mol. The molecule has 1 saturated carbocycles. The lowest BCUT2D eigenvalue weighted by molar-refractivity contribution is -0.137. The SMILES string of the molecule is O=C(O)CCCC(=O)NCCCOCC1CC1. The fraction of sp³-hybridized carbons (Fsp3) is 0.833. The second-order valence-corrected chi connectivity index (χ2v) is 4.47. The van der Waals surface area contributed by atoms with Crippen molar-refractivity contribution in [1.29, 1.82) is 0 Å². The van der Waals surface area contributed by atoms with Crippen molar-refractivity contribution < 1.29 is 19.4 Å².